The molecule has 1 saturated heterocycles. The van der Waals surface area contributed by atoms with E-state index in [4.69, 9.17) is 43.4 Å². The minimum Gasteiger partial charge on any atom is -0.508 e. The van der Waals surface area contributed by atoms with Gasteiger partial charge in [0.1, 0.15) is 125 Å². The highest BCUT2D eigenvalue weighted by Gasteiger charge is 2.50. The predicted octanol–water partition coefficient (Wildman–Crippen LogP) is 5.86. The zero-order valence-corrected chi connectivity index (χ0v) is 61.1. The van der Waals surface area contributed by atoms with E-state index < -0.39 is 145 Å². The minimum absolute atomic E-state index is 0.00348. The van der Waals surface area contributed by atoms with Crippen LogP contribution in [-0.4, -0.2) is 200 Å². The van der Waals surface area contributed by atoms with Crippen LogP contribution >= 0.6 is 56.7 Å². The van der Waals surface area contributed by atoms with Gasteiger partial charge in [-0.05, 0) is 77.2 Å². The number of carbonyl (C=O) groups is 8. The van der Waals surface area contributed by atoms with Crippen molar-refractivity contribution in [3.63, 3.8) is 0 Å². The molecule has 11 unspecified atom stereocenters. The van der Waals surface area contributed by atoms with Crippen LogP contribution in [0.1, 0.15) is 143 Å². The fraction of sp³-hybridized carbons (Fsp3) is 0.353. The Bertz CT molecular complexity index is 4980. The summed E-state index contributed by atoms with van der Waals surface area (Å²) in [6.45, 7) is 4.05. The van der Waals surface area contributed by atoms with E-state index in [0.29, 0.717) is 15.9 Å². The van der Waals surface area contributed by atoms with Gasteiger partial charge in [-0.3, -0.25) is 28.8 Å². The van der Waals surface area contributed by atoms with E-state index in [1.165, 1.54) is 72.1 Å². The molecule has 5 amide bonds. The van der Waals surface area contributed by atoms with Crippen molar-refractivity contribution in [1.29, 1.82) is 0 Å². The molecular weight excluding hydrogens is 1480 g/mol. The van der Waals surface area contributed by atoms with Crippen LogP contribution in [-0.2, 0) is 56.0 Å². The number of aromatic nitrogens is 7. The normalized spacial score (nSPS) is 23.4. The second-order valence-electron chi connectivity index (χ2n) is 25.6. The lowest BCUT2D eigenvalue weighted by atomic mass is 9.85. The van der Waals surface area contributed by atoms with Gasteiger partial charge in [-0.1, -0.05) is 24.3 Å². The number of aliphatic carboxylic acids is 1. The lowest BCUT2D eigenvalue weighted by Gasteiger charge is -2.48. The van der Waals surface area contributed by atoms with Crippen LogP contribution in [0, 0.1) is 0 Å². The van der Waals surface area contributed by atoms with Gasteiger partial charge < -0.3 is 90.6 Å². The first kappa shape index (κ1) is 74.0. The molecule has 1 fully saturated rings. The van der Waals surface area contributed by atoms with Gasteiger partial charge >= 0.3 is 17.9 Å². The standard InChI is InChI=1S/C68H67N13O20S5/c1-27(82)47-60(91)78-48(28(2)96-7)63-74-41(26-104-63)59(90)79-51-53-54(101-45-17-68(4,94)55(80(5)6)29(3)100-45)67(93)98-19-31-9-8-10-42-46(31)35(20-97-53)52(81(42)95)66(92)99-21-36(70-57(88)39-25-106-65(51)75-39)62-71-37(22-103-62)49-34(61-72-40(24-102-61)58(89)77-47)16-43(84)50(76-49)64-73-38(23-105-64)56(87)69-18-32(15-44(85)86)30-11-13-33(83)14-12-30/h8-14,16,22-27,29,32,36,45,47,51,53-55,82-84,94-95H,15,17-21H2,1-7H3,(H,69,87)(H,70,88)(H,77,89)(H,78,91)(H,79,90)(H,85,86)/b48-28+. The van der Waals surface area contributed by atoms with Crippen LogP contribution in [0.5, 0.6) is 11.5 Å². The molecule has 7 aromatic heterocycles. The topological polar surface area (TPSA) is 459 Å². The van der Waals surface area contributed by atoms with Crippen LogP contribution in [0.25, 0.3) is 49.3 Å². The predicted molar refractivity (Wildman–Crippen MR) is 380 cm³/mol. The number of carboxylic acid groups (broad SMARTS) is 1. The van der Waals surface area contributed by atoms with Gasteiger partial charge in [0.25, 0.3) is 23.6 Å². The maximum absolute atomic E-state index is 15.2. The van der Waals surface area contributed by atoms with Crippen molar-refractivity contribution in [3.8, 4) is 44.2 Å². The van der Waals surface area contributed by atoms with Crippen LogP contribution < -0.4 is 26.6 Å². The number of pyridine rings is 1. The van der Waals surface area contributed by atoms with Gasteiger partial charge in [0.05, 0.1) is 49.5 Å². The number of methoxy groups -OCH3 is 1. The number of aromatic hydroxyl groups is 2. The van der Waals surface area contributed by atoms with Gasteiger partial charge in [0, 0.05) is 62.3 Å². The number of thiazole rings is 5. The number of hydrogen-bond donors (Lipinski definition) is 11. The number of benzene rings is 2. The Kier molecular flexibility index (Phi) is 21.2. The molecule has 0 radical (unpaired) electrons. The lowest BCUT2D eigenvalue weighted by molar-refractivity contribution is -0.280. The number of phenolic OH excluding ortho intramolecular Hbond substituents is 1. The summed E-state index contributed by atoms with van der Waals surface area (Å²) in [5, 5.41) is 87.9. The third-order valence-corrected chi connectivity index (χ3v) is 22.5. The van der Waals surface area contributed by atoms with Crippen molar-refractivity contribution < 1.29 is 97.5 Å². The summed E-state index contributed by atoms with van der Waals surface area (Å²) in [6.07, 6.45) is -7.98. The Morgan fingerprint density at radius 3 is 2.20 bits per heavy atom. The molecule has 4 aliphatic heterocycles. The number of esters is 2. The zero-order valence-electron chi connectivity index (χ0n) is 57.0. The van der Waals surface area contributed by atoms with Gasteiger partial charge in [-0.2, -0.15) is 4.73 Å². The Hall–Kier alpha value is -10.3. The summed E-state index contributed by atoms with van der Waals surface area (Å²) in [6, 6.07) is 6.47. The van der Waals surface area contributed by atoms with E-state index in [0.717, 1.165) is 56.7 Å². The monoisotopic (exact) mass is 1550 g/mol. The van der Waals surface area contributed by atoms with E-state index >= 15 is 19.2 Å². The van der Waals surface area contributed by atoms with Crippen LogP contribution in [0.2, 0.25) is 0 Å². The molecule has 4 aliphatic rings. The largest absolute Gasteiger partial charge is 0.508 e. The smallest absolute Gasteiger partial charge is 0.358 e. The zero-order chi connectivity index (χ0) is 75.3. The Balaban J connectivity index is 0.953. The maximum Gasteiger partial charge on any atom is 0.358 e. The number of likely N-dealkylation sites (N-methyl/N-ethyl adjacent to an activating group) is 1. The number of hydrogen-bond acceptors (Lipinski definition) is 31. The number of rotatable bonds is 12. The number of allylic oxidation sites excluding steroid dienone is 1. The van der Waals surface area contributed by atoms with Crippen molar-refractivity contribution in [3.05, 3.63) is 141 Å². The fourth-order valence-corrected chi connectivity index (χ4v) is 17.2. The molecule has 554 valence electrons. The van der Waals surface area contributed by atoms with Gasteiger partial charge in [0.15, 0.2) is 18.1 Å². The number of cyclic esters (lactones) is 2. The maximum atomic E-state index is 15.2. The van der Waals surface area contributed by atoms with Crippen LogP contribution in [0.3, 0.4) is 0 Å². The highest BCUT2D eigenvalue weighted by atomic mass is 32.1. The molecular formula is C68H67N13O20S5. The number of carboxylic acids is 1. The molecule has 9 aromatic rings. The molecule has 106 heavy (non-hydrogen) atoms. The number of ether oxygens (including phenoxy) is 6. The number of fused-ring (bicyclic) bond motifs is 15. The number of aliphatic hydroxyl groups is 2. The van der Waals surface area contributed by atoms with Crippen molar-refractivity contribution in [2.24, 2.45) is 0 Å². The lowest BCUT2D eigenvalue weighted by Crippen LogP contribution is -2.62. The fourth-order valence-electron chi connectivity index (χ4n) is 13.0. The van der Waals surface area contributed by atoms with Crippen molar-refractivity contribution in [2.75, 3.05) is 34.4 Å². The van der Waals surface area contributed by atoms with Gasteiger partial charge in [-0.15, -0.1) is 56.7 Å². The van der Waals surface area contributed by atoms with Gasteiger partial charge in [-0.25, -0.2) is 39.5 Å². The molecule has 33 nitrogen and oxygen atoms in total. The second-order valence-corrected chi connectivity index (χ2v) is 30.0. The number of carbonyl (C=O) groups excluding carboxylic acids is 7. The average molecular weight is 1550 g/mol. The number of amides is 5. The number of nitrogens with one attached hydrogen (secondary N) is 5. The van der Waals surface area contributed by atoms with E-state index in [1.54, 1.807) is 57.1 Å². The van der Waals surface area contributed by atoms with Gasteiger partial charge in [0.2, 0.25) is 5.91 Å². The molecule has 0 saturated carbocycles. The highest BCUT2D eigenvalue weighted by Crippen LogP contribution is 2.43. The van der Waals surface area contributed by atoms with Crippen molar-refractivity contribution in [1.82, 2.24) is 66.1 Å². The summed E-state index contributed by atoms with van der Waals surface area (Å²) in [5.41, 5.74) is -2.32. The van der Waals surface area contributed by atoms with Crippen molar-refractivity contribution in [2.45, 2.75) is 120 Å². The van der Waals surface area contributed by atoms with Crippen LogP contribution in [0.4, 0.5) is 0 Å². The van der Waals surface area contributed by atoms with Crippen LogP contribution in [0.15, 0.2) is 81.2 Å². The molecule has 11 atom stereocenters. The molecule has 13 rings (SSSR count). The SMILES string of the molecule is CO/C(C)=C1/NC(=O)C(C(C)O)NC(=O)c2csc(n2)-c2cc(O)c(-c3nc(C(=O)NCC(CC(=O)O)c4ccc(O)cc4)cs3)nc2-c2csc(n2)C2COC(=O)c3c4c5c(cccc5n3O)COC(=O)C(OC3CC(C)(O)C(N(C)C)C(C)O3)C(OC4)C(NC(=O)c3csc1n3)c1nc(cs1)C(=O)N2. The van der Waals surface area contributed by atoms with E-state index in [9.17, 15) is 49.9 Å². The Morgan fingerprint density at radius 1 is 0.811 bits per heavy atom. The first-order valence-corrected chi connectivity index (χ1v) is 37.0. The number of nitrogens with zero attached hydrogens (tertiary/aromatic N) is 8. The molecule has 12 bridgehead atoms. The van der Waals surface area contributed by atoms with E-state index in [2.05, 4.69) is 41.5 Å². The minimum atomic E-state index is -1.93. The highest BCUT2D eigenvalue weighted by molar-refractivity contribution is 7.14. The third-order valence-electron chi connectivity index (χ3n) is 18.1. The first-order valence-electron chi connectivity index (χ1n) is 32.6. The number of aliphatic hydroxyl groups excluding tert-OH is 1. The molecule has 0 aliphatic carbocycles. The quantitative estimate of drug-likeness (QED) is 0.0388. The average Bonchev–Trinajstić information content (AvgIpc) is 1.59. The Labute approximate surface area is 620 Å². The molecule has 11 heterocycles. The molecule has 11 N–H and O–H groups in total. The molecule has 0 spiro atoms. The third kappa shape index (κ3) is 15.0. The van der Waals surface area contributed by atoms with E-state index in [-0.39, 0.29) is 124 Å². The Morgan fingerprint density at radius 2 is 1.48 bits per heavy atom. The van der Waals surface area contributed by atoms with Crippen molar-refractivity contribution >= 4 is 121 Å². The van der Waals surface area contributed by atoms with E-state index in [1.807, 2.05) is 0 Å². The second kappa shape index (κ2) is 30.3. The first-order chi connectivity index (χ1) is 50.6. The summed E-state index contributed by atoms with van der Waals surface area (Å²) in [7, 11) is 4.83. The summed E-state index contributed by atoms with van der Waals surface area (Å²) in [5.74, 6) is -9.06. The summed E-state index contributed by atoms with van der Waals surface area (Å²) >= 11 is 4.48. The summed E-state index contributed by atoms with van der Waals surface area (Å²) < 4.78 is 38.3. The number of phenols is 1. The molecule has 2 aromatic carbocycles. The summed E-state index contributed by atoms with van der Waals surface area (Å²) in [4.78, 5) is 145. The molecule has 38 heteroatoms.